The van der Waals surface area contributed by atoms with Crippen molar-refractivity contribution in [2.45, 2.75) is 35.4 Å². The zero-order valence-corrected chi connectivity index (χ0v) is 21.2. The lowest BCUT2D eigenvalue weighted by molar-refractivity contribution is -0.141. The molecule has 2 aliphatic carbocycles. The lowest BCUT2D eigenvalue weighted by Gasteiger charge is -2.51. The summed E-state index contributed by atoms with van der Waals surface area (Å²) in [6.45, 7) is 2.01. The van der Waals surface area contributed by atoms with E-state index in [1.54, 1.807) is 13.0 Å². The number of alkyl halides is 2. The number of fused-ring (bicyclic) bond motifs is 5. The van der Waals surface area contributed by atoms with E-state index in [9.17, 15) is 24.3 Å². The normalized spacial score (nSPS) is 35.7. The highest BCUT2D eigenvalue weighted by atomic mass is 35.5. The van der Waals surface area contributed by atoms with Crippen molar-refractivity contribution in [1.29, 1.82) is 0 Å². The SMILES string of the molecule is CCN1C(=O)C2CC=C3C(CC4(Cl)C(=O)N(C)C(=O)C4(Cl)C3c3c(O)ccc4ccccc34)C2C1=O. The molecule has 36 heavy (non-hydrogen) atoms. The molecule has 6 unspecified atom stereocenters. The first-order valence-electron chi connectivity index (χ1n) is 12.0. The number of phenols is 1. The van der Waals surface area contributed by atoms with Crippen molar-refractivity contribution < 1.29 is 24.3 Å². The zero-order chi connectivity index (χ0) is 25.7. The van der Waals surface area contributed by atoms with Gasteiger partial charge in [-0.1, -0.05) is 42.0 Å². The quantitative estimate of drug-likeness (QED) is 0.366. The third-order valence-electron chi connectivity index (χ3n) is 8.66. The van der Waals surface area contributed by atoms with Gasteiger partial charge in [-0.05, 0) is 42.5 Å². The van der Waals surface area contributed by atoms with Crippen LogP contribution in [-0.2, 0) is 19.2 Å². The minimum absolute atomic E-state index is 0.0570. The maximum atomic E-state index is 13.7. The molecule has 2 aliphatic heterocycles. The summed E-state index contributed by atoms with van der Waals surface area (Å²) >= 11 is 14.4. The standard InChI is InChI=1S/C27H24Cl2N2O5/c1-3-31-22(33)16-10-9-15-17(19(16)23(31)34)12-26(28)24(35)30(2)25(36)27(26,29)21(15)20-14-7-5-4-6-13(14)8-11-18(20)32/h4-9,11,16-17,19,21,32H,3,10,12H2,1-2H3. The maximum Gasteiger partial charge on any atom is 0.253 e. The molecule has 0 aromatic heterocycles. The van der Waals surface area contributed by atoms with Crippen molar-refractivity contribution in [3.63, 3.8) is 0 Å². The van der Waals surface area contributed by atoms with Gasteiger partial charge >= 0.3 is 0 Å². The van der Waals surface area contributed by atoms with Crippen molar-refractivity contribution >= 4 is 57.6 Å². The molecule has 7 nitrogen and oxygen atoms in total. The lowest BCUT2D eigenvalue weighted by Crippen LogP contribution is -2.60. The second-order valence-corrected chi connectivity index (χ2v) is 11.4. The number of aromatic hydroxyl groups is 1. The molecular formula is C27H24Cl2N2O5. The van der Waals surface area contributed by atoms with Gasteiger partial charge < -0.3 is 5.11 Å². The van der Waals surface area contributed by atoms with E-state index < -0.39 is 45.2 Å². The molecule has 2 aromatic rings. The largest absolute Gasteiger partial charge is 0.508 e. The summed E-state index contributed by atoms with van der Waals surface area (Å²) in [7, 11) is 1.35. The number of likely N-dealkylation sites (tertiary alicyclic amines) is 2. The molecule has 3 fully saturated rings. The van der Waals surface area contributed by atoms with E-state index >= 15 is 0 Å². The fraction of sp³-hybridized carbons (Fsp3) is 0.407. The third-order valence-corrected chi connectivity index (χ3v) is 10.1. The highest BCUT2D eigenvalue weighted by Gasteiger charge is 2.76. The van der Waals surface area contributed by atoms with Gasteiger partial charge in [-0.2, -0.15) is 0 Å². The molecule has 0 radical (unpaired) electrons. The highest BCUT2D eigenvalue weighted by Crippen LogP contribution is 2.66. The lowest BCUT2D eigenvalue weighted by atomic mass is 9.56. The molecule has 2 aromatic carbocycles. The van der Waals surface area contributed by atoms with Crippen LogP contribution in [0.1, 0.15) is 31.2 Å². The minimum atomic E-state index is -1.92. The number of carbonyl (C=O) groups is 4. The van der Waals surface area contributed by atoms with E-state index in [-0.39, 0.29) is 30.5 Å². The van der Waals surface area contributed by atoms with Crippen LogP contribution < -0.4 is 0 Å². The van der Waals surface area contributed by atoms with E-state index in [1.807, 2.05) is 30.3 Å². The Kier molecular flexibility index (Phi) is 4.93. The van der Waals surface area contributed by atoms with Crippen LogP contribution in [0.25, 0.3) is 10.8 Å². The van der Waals surface area contributed by atoms with Gasteiger partial charge in [0.1, 0.15) is 5.75 Å². The first-order valence-corrected chi connectivity index (χ1v) is 12.8. The summed E-state index contributed by atoms with van der Waals surface area (Å²) in [4.78, 5) is 52.0. The van der Waals surface area contributed by atoms with Crippen molar-refractivity contribution in [1.82, 2.24) is 9.80 Å². The fourth-order valence-corrected chi connectivity index (χ4v) is 8.03. The summed E-state index contributed by atoms with van der Waals surface area (Å²) < 4.78 is 0. The van der Waals surface area contributed by atoms with Gasteiger partial charge in [-0.25, -0.2) is 0 Å². The molecule has 6 atom stereocenters. The molecule has 4 aliphatic rings. The Morgan fingerprint density at radius 1 is 1.00 bits per heavy atom. The van der Waals surface area contributed by atoms with Crippen LogP contribution in [0.15, 0.2) is 48.0 Å². The molecule has 0 bridgehead atoms. The Bertz CT molecular complexity index is 1420. The smallest absolute Gasteiger partial charge is 0.253 e. The molecule has 9 heteroatoms. The Hall–Kier alpha value is -2.90. The van der Waals surface area contributed by atoms with Crippen molar-refractivity contribution in [3.05, 3.63) is 53.6 Å². The number of nitrogens with zero attached hydrogens (tertiary/aromatic N) is 2. The van der Waals surface area contributed by atoms with Crippen LogP contribution in [0, 0.1) is 17.8 Å². The number of rotatable bonds is 2. The second kappa shape index (κ2) is 7.56. The molecule has 2 heterocycles. The van der Waals surface area contributed by atoms with Gasteiger partial charge in [0.2, 0.25) is 11.8 Å². The second-order valence-electron chi connectivity index (χ2n) is 10.1. The average Bonchev–Trinajstić information content (AvgIpc) is 3.19. The van der Waals surface area contributed by atoms with E-state index in [0.29, 0.717) is 22.9 Å². The van der Waals surface area contributed by atoms with Crippen LogP contribution in [0.2, 0.25) is 0 Å². The molecule has 6 rings (SSSR count). The fourth-order valence-electron chi connectivity index (χ4n) is 7.03. The average molecular weight is 527 g/mol. The molecule has 1 N–H and O–H groups in total. The van der Waals surface area contributed by atoms with E-state index in [0.717, 1.165) is 10.3 Å². The summed E-state index contributed by atoms with van der Waals surface area (Å²) in [6.07, 6.45) is 2.12. The highest BCUT2D eigenvalue weighted by molar-refractivity contribution is 6.53. The predicted octanol–water partition coefficient (Wildman–Crippen LogP) is 3.55. The summed E-state index contributed by atoms with van der Waals surface area (Å²) in [5.41, 5.74) is 1.06. The van der Waals surface area contributed by atoms with Gasteiger partial charge in [0.05, 0.1) is 11.8 Å². The number of phenolic OH excluding ortho intramolecular Hbond substituents is 1. The minimum Gasteiger partial charge on any atom is -0.508 e. The topological polar surface area (TPSA) is 95.0 Å². The molecule has 0 spiro atoms. The van der Waals surface area contributed by atoms with E-state index in [2.05, 4.69) is 0 Å². The van der Waals surface area contributed by atoms with Gasteiger partial charge in [-0.15, -0.1) is 23.2 Å². The Morgan fingerprint density at radius 2 is 1.72 bits per heavy atom. The Morgan fingerprint density at radius 3 is 2.44 bits per heavy atom. The predicted molar refractivity (Wildman–Crippen MR) is 133 cm³/mol. The molecule has 1 saturated carbocycles. The summed E-state index contributed by atoms with van der Waals surface area (Å²) in [6, 6.07) is 10.7. The first kappa shape index (κ1) is 23.5. The van der Waals surface area contributed by atoms with Gasteiger partial charge in [-0.3, -0.25) is 29.0 Å². The van der Waals surface area contributed by atoms with Crippen LogP contribution in [0.5, 0.6) is 5.75 Å². The Labute approximate surface area is 217 Å². The first-order chi connectivity index (χ1) is 17.1. The van der Waals surface area contributed by atoms with Crippen molar-refractivity contribution in [2.75, 3.05) is 13.6 Å². The van der Waals surface area contributed by atoms with Crippen molar-refractivity contribution in [3.8, 4) is 5.75 Å². The number of hydrogen-bond donors (Lipinski definition) is 1. The summed E-state index contributed by atoms with van der Waals surface area (Å²) in [5, 5.41) is 12.7. The van der Waals surface area contributed by atoms with Crippen LogP contribution >= 0.6 is 23.2 Å². The van der Waals surface area contributed by atoms with Crippen LogP contribution in [0.4, 0.5) is 0 Å². The van der Waals surface area contributed by atoms with Gasteiger partial charge in [0.15, 0.2) is 9.75 Å². The number of amides is 4. The van der Waals surface area contributed by atoms with E-state index in [4.69, 9.17) is 23.2 Å². The summed E-state index contributed by atoms with van der Waals surface area (Å²) in [5.74, 6) is -4.73. The number of imide groups is 2. The number of allylic oxidation sites excluding steroid dienone is 2. The van der Waals surface area contributed by atoms with Crippen LogP contribution in [-0.4, -0.2) is 61.9 Å². The van der Waals surface area contributed by atoms with Crippen LogP contribution in [0.3, 0.4) is 0 Å². The monoisotopic (exact) mass is 526 g/mol. The zero-order valence-electron chi connectivity index (χ0n) is 19.7. The number of halogens is 2. The van der Waals surface area contributed by atoms with E-state index in [1.165, 1.54) is 18.0 Å². The molecule has 186 valence electrons. The van der Waals surface area contributed by atoms with Crippen molar-refractivity contribution in [2.24, 2.45) is 17.8 Å². The van der Waals surface area contributed by atoms with Gasteiger partial charge in [0, 0.05) is 25.1 Å². The molecular weight excluding hydrogens is 503 g/mol. The number of hydrogen-bond acceptors (Lipinski definition) is 5. The Balaban J connectivity index is 1.65. The maximum absolute atomic E-state index is 13.7. The molecule has 2 saturated heterocycles. The molecule has 4 amide bonds. The van der Waals surface area contributed by atoms with Gasteiger partial charge in [0.25, 0.3) is 11.8 Å². The third kappa shape index (κ3) is 2.60. The number of carbonyl (C=O) groups excluding carboxylic acids is 4. The number of benzene rings is 2.